The summed E-state index contributed by atoms with van der Waals surface area (Å²) in [7, 11) is 0. The van der Waals surface area contributed by atoms with Gasteiger partial charge in [0.2, 0.25) is 11.8 Å². The van der Waals surface area contributed by atoms with Gasteiger partial charge in [-0.3, -0.25) is 14.4 Å². The molecule has 194 valence electrons. The van der Waals surface area contributed by atoms with E-state index in [1.165, 1.54) is 6.42 Å². The minimum atomic E-state index is -0.800. The summed E-state index contributed by atoms with van der Waals surface area (Å²) in [5.74, 6) is 1.35. The van der Waals surface area contributed by atoms with Gasteiger partial charge in [0.25, 0.3) is 0 Å². The topological polar surface area (TPSA) is 105 Å². The van der Waals surface area contributed by atoms with E-state index in [-0.39, 0.29) is 35.5 Å². The highest BCUT2D eigenvalue weighted by molar-refractivity contribution is 6.00. The van der Waals surface area contributed by atoms with Gasteiger partial charge in [0.1, 0.15) is 23.7 Å². The lowest BCUT2D eigenvalue weighted by atomic mass is 9.85. The second-order valence-corrected chi connectivity index (χ2v) is 12.8. The molecule has 0 radical (unpaired) electrons. The Morgan fingerprint density at radius 2 is 1.74 bits per heavy atom. The number of hydrogen-bond acceptors (Lipinski definition) is 5. The summed E-state index contributed by atoms with van der Waals surface area (Å²) >= 11 is 0. The molecule has 5 aliphatic rings. The van der Waals surface area contributed by atoms with Crippen molar-refractivity contribution in [1.82, 2.24) is 15.5 Å². The zero-order chi connectivity index (χ0) is 25.1. The molecule has 1 saturated heterocycles. The first kappa shape index (κ1) is 24.6. The molecule has 4 saturated carbocycles. The Kier molecular flexibility index (Phi) is 6.16. The van der Waals surface area contributed by atoms with Gasteiger partial charge in [0.15, 0.2) is 5.78 Å². The number of fused-ring (bicyclic) bond motifs is 1. The predicted octanol–water partition coefficient (Wildman–Crippen LogP) is 3.18. The van der Waals surface area contributed by atoms with Gasteiger partial charge in [0.05, 0.1) is 0 Å². The molecule has 0 aromatic rings. The molecule has 5 rings (SSSR count). The number of ether oxygens (including phenoxy) is 1. The Hall–Kier alpha value is -2.12. The van der Waals surface area contributed by atoms with Crippen LogP contribution in [-0.2, 0) is 19.1 Å². The van der Waals surface area contributed by atoms with E-state index in [1.54, 1.807) is 4.90 Å². The van der Waals surface area contributed by atoms with E-state index in [9.17, 15) is 19.2 Å². The fourth-order valence-corrected chi connectivity index (χ4v) is 6.53. The summed E-state index contributed by atoms with van der Waals surface area (Å²) in [4.78, 5) is 54.4. The SMILES string of the molecule is CC[C@@H]1C[C@]1(NC(=O)[C@@H]1CCCN1C(=O)[C@@H](NC(=O)OC1CC2C[C@@H]2C1)C(C)(C)C)C(=O)C1CC1. The minimum absolute atomic E-state index is 0.0648. The minimum Gasteiger partial charge on any atom is -0.446 e. The van der Waals surface area contributed by atoms with Gasteiger partial charge >= 0.3 is 6.09 Å². The highest BCUT2D eigenvalue weighted by Crippen LogP contribution is 2.53. The van der Waals surface area contributed by atoms with E-state index in [4.69, 9.17) is 4.74 Å². The average molecular weight is 488 g/mol. The predicted molar refractivity (Wildman–Crippen MR) is 129 cm³/mol. The first-order valence-corrected chi connectivity index (χ1v) is 13.7. The van der Waals surface area contributed by atoms with Crippen LogP contribution in [0.4, 0.5) is 4.79 Å². The van der Waals surface area contributed by atoms with Crippen LogP contribution in [-0.4, -0.2) is 58.9 Å². The second-order valence-electron chi connectivity index (χ2n) is 12.8. The molecule has 7 atom stereocenters. The maximum Gasteiger partial charge on any atom is 0.408 e. The molecular formula is C27H41N3O5. The van der Waals surface area contributed by atoms with E-state index in [2.05, 4.69) is 17.6 Å². The highest BCUT2D eigenvalue weighted by atomic mass is 16.6. The van der Waals surface area contributed by atoms with Gasteiger partial charge in [0, 0.05) is 12.5 Å². The zero-order valence-corrected chi connectivity index (χ0v) is 21.6. The number of nitrogens with zero attached hydrogens (tertiary/aromatic N) is 1. The maximum absolute atomic E-state index is 13.7. The van der Waals surface area contributed by atoms with Crippen LogP contribution in [0.1, 0.15) is 85.5 Å². The number of nitrogens with one attached hydrogen (secondary N) is 2. The normalized spacial score (nSPS) is 36.2. The number of hydrogen-bond donors (Lipinski definition) is 2. The van der Waals surface area contributed by atoms with Crippen LogP contribution in [0, 0.1) is 29.1 Å². The highest BCUT2D eigenvalue weighted by Gasteiger charge is 2.62. The van der Waals surface area contributed by atoms with Crippen molar-refractivity contribution in [3.05, 3.63) is 0 Å². The molecule has 2 unspecified atom stereocenters. The smallest absolute Gasteiger partial charge is 0.408 e. The number of rotatable bonds is 8. The van der Waals surface area contributed by atoms with Crippen molar-refractivity contribution >= 4 is 23.7 Å². The fourth-order valence-electron chi connectivity index (χ4n) is 6.53. The molecule has 1 aliphatic heterocycles. The van der Waals surface area contributed by atoms with Gasteiger partial charge in [-0.1, -0.05) is 34.1 Å². The van der Waals surface area contributed by atoms with Crippen LogP contribution in [0.3, 0.4) is 0 Å². The van der Waals surface area contributed by atoms with Crippen LogP contribution in [0.5, 0.6) is 0 Å². The molecule has 5 fully saturated rings. The van der Waals surface area contributed by atoms with E-state index in [1.807, 2.05) is 20.8 Å². The van der Waals surface area contributed by atoms with Crippen LogP contribution < -0.4 is 10.6 Å². The van der Waals surface area contributed by atoms with Crippen LogP contribution in [0.15, 0.2) is 0 Å². The number of ketones is 1. The Labute approximate surface area is 208 Å². The quantitative estimate of drug-likeness (QED) is 0.547. The van der Waals surface area contributed by atoms with E-state index >= 15 is 0 Å². The lowest BCUT2D eigenvalue weighted by molar-refractivity contribution is -0.143. The van der Waals surface area contributed by atoms with Crippen LogP contribution in [0.2, 0.25) is 0 Å². The number of Topliss-reactive ketones (excluding diaryl/α,β-unsaturated/α-hetero) is 1. The van der Waals surface area contributed by atoms with Crippen molar-refractivity contribution in [3.8, 4) is 0 Å². The van der Waals surface area contributed by atoms with Gasteiger partial charge in [-0.15, -0.1) is 0 Å². The molecule has 0 spiro atoms. The molecule has 8 nitrogen and oxygen atoms in total. The first-order valence-electron chi connectivity index (χ1n) is 13.7. The van der Waals surface area contributed by atoms with Crippen molar-refractivity contribution in [3.63, 3.8) is 0 Å². The lowest BCUT2D eigenvalue weighted by Gasteiger charge is -2.35. The summed E-state index contributed by atoms with van der Waals surface area (Å²) in [6.45, 7) is 8.24. The fraction of sp³-hybridized carbons (Fsp3) is 0.852. The van der Waals surface area contributed by atoms with E-state index < -0.39 is 29.1 Å². The van der Waals surface area contributed by atoms with Gasteiger partial charge < -0.3 is 20.3 Å². The summed E-state index contributed by atoms with van der Waals surface area (Å²) < 4.78 is 5.64. The molecule has 8 heteroatoms. The third kappa shape index (κ3) is 4.82. The molecule has 2 N–H and O–H groups in total. The Balaban J connectivity index is 1.24. The van der Waals surface area contributed by atoms with Gasteiger partial charge in [-0.25, -0.2) is 4.79 Å². The van der Waals surface area contributed by atoms with E-state index in [0.29, 0.717) is 31.2 Å². The molecule has 35 heavy (non-hydrogen) atoms. The summed E-state index contributed by atoms with van der Waals surface area (Å²) in [5, 5.41) is 5.93. The number of alkyl carbamates (subject to hydrolysis) is 1. The zero-order valence-electron chi connectivity index (χ0n) is 21.6. The Bertz CT molecular complexity index is 899. The molecule has 0 aromatic heterocycles. The largest absolute Gasteiger partial charge is 0.446 e. The molecule has 4 aliphatic carbocycles. The first-order chi connectivity index (χ1) is 16.5. The van der Waals surface area contributed by atoms with Gasteiger partial charge in [-0.05, 0) is 74.5 Å². The number of carbonyl (C=O) groups excluding carboxylic acids is 4. The Morgan fingerprint density at radius 1 is 1.06 bits per heavy atom. The maximum atomic E-state index is 13.7. The molecular weight excluding hydrogens is 446 g/mol. The standard InChI is InChI=1S/C27H41N3O5/c1-5-18-14-27(18,22(31)15-8-9-15)29-23(32)20-7-6-10-30(20)24(33)21(26(2,3)4)28-25(34)35-19-12-16-11-17(16)13-19/h15-21H,5-14H2,1-4H3,(H,28,34)(H,29,32)/t16-,17?,18-,19?,20+,21-,27-/m1/s1. The number of carbonyl (C=O) groups is 4. The van der Waals surface area contributed by atoms with E-state index in [0.717, 1.165) is 38.5 Å². The molecule has 3 amide bonds. The van der Waals surface area contributed by atoms with Crippen molar-refractivity contribution in [1.29, 1.82) is 0 Å². The second kappa shape index (κ2) is 8.77. The average Bonchev–Trinajstić information content (AvgIpc) is 3.75. The molecule has 0 aromatic carbocycles. The number of likely N-dealkylation sites (tertiary alicyclic amines) is 1. The van der Waals surface area contributed by atoms with Crippen LogP contribution >= 0.6 is 0 Å². The summed E-state index contributed by atoms with van der Waals surface area (Å²) in [6.07, 6.45) is 7.13. The van der Waals surface area contributed by atoms with Gasteiger partial charge in [-0.2, -0.15) is 0 Å². The monoisotopic (exact) mass is 487 g/mol. The summed E-state index contributed by atoms with van der Waals surface area (Å²) in [6, 6.07) is -1.42. The third-order valence-electron chi connectivity index (χ3n) is 9.02. The van der Waals surface area contributed by atoms with Crippen molar-refractivity contribution in [2.75, 3.05) is 6.54 Å². The molecule has 0 bridgehead atoms. The molecule has 1 heterocycles. The van der Waals surface area contributed by atoms with Crippen LogP contribution in [0.25, 0.3) is 0 Å². The Morgan fingerprint density at radius 3 is 2.31 bits per heavy atom. The van der Waals surface area contributed by atoms with Crippen molar-refractivity contribution in [2.45, 2.75) is 109 Å². The number of amides is 3. The summed E-state index contributed by atoms with van der Waals surface area (Å²) in [5.41, 5.74) is -1.29. The van der Waals surface area contributed by atoms with Crippen molar-refractivity contribution in [2.24, 2.45) is 29.1 Å². The third-order valence-corrected chi connectivity index (χ3v) is 9.02. The van der Waals surface area contributed by atoms with Crippen molar-refractivity contribution < 1.29 is 23.9 Å². The lowest BCUT2D eigenvalue weighted by Crippen LogP contribution is -2.59.